The van der Waals surface area contributed by atoms with E-state index in [0.717, 1.165) is 34.3 Å². The van der Waals surface area contributed by atoms with E-state index in [1.54, 1.807) is 0 Å². The highest BCUT2D eigenvalue weighted by Crippen LogP contribution is 2.30. The molecule has 0 aliphatic heterocycles. The third-order valence-electron chi connectivity index (χ3n) is 3.77. The van der Waals surface area contributed by atoms with Crippen LogP contribution in [0, 0.1) is 0 Å². The van der Waals surface area contributed by atoms with Gasteiger partial charge in [-0.3, -0.25) is 4.79 Å². The minimum atomic E-state index is -0.791. The number of carboxylic acids is 1. The van der Waals surface area contributed by atoms with Crippen molar-refractivity contribution < 1.29 is 9.90 Å². The van der Waals surface area contributed by atoms with Crippen LogP contribution in [0.15, 0.2) is 54.6 Å². The number of carboxylic acid groups (broad SMARTS) is 1. The minimum absolute atomic E-state index is 0.0590. The Morgan fingerprint density at radius 2 is 1.71 bits per heavy atom. The van der Waals surface area contributed by atoms with Crippen molar-refractivity contribution in [3.05, 3.63) is 65.9 Å². The van der Waals surface area contributed by atoms with Gasteiger partial charge in [0.1, 0.15) is 0 Å². The molecule has 2 aromatic carbocycles. The second kappa shape index (κ2) is 5.44. The van der Waals surface area contributed by atoms with Crippen molar-refractivity contribution in [3.63, 3.8) is 0 Å². The maximum absolute atomic E-state index is 11.2. The number of rotatable bonds is 4. The molecule has 1 heterocycles. The van der Waals surface area contributed by atoms with Gasteiger partial charge >= 0.3 is 5.97 Å². The third kappa shape index (κ3) is 2.31. The molecule has 0 unspecified atom stereocenters. The highest BCUT2D eigenvalue weighted by molar-refractivity contribution is 5.90. The van der Waals surface area contributed by atoms with Gasteiger partial charge in [-0.25, -0.2) is 0 Å². The van der Waals surface area contributed by atoms with Crippen LogP contribution in [0.25, 0.3) is 16.6 Å². The van der Waals surface area contributed by atoms with E-state index in [1.807, 2.05) is 42.5 Å². The summed E-state index contributed by atoms with van der Waals surface area (Å²) in [6.45, 7) is 2.07. The highest BCUT2D eigenvalue weighted by atomic mass is 16.4. The Morgan fingerprint density at radius 1 is 1.05 bits per heavy atom. The zero-order valence-electron chi connectivity index (χ0n) is 11.9. The summed E-state index contributed by atoms with van der Waals surface area (Å²) in [4.78, 5) is 11.2. The van der Waals surface area contributed by atoms with Gasteiger partial charge < -0.3 is 9.67 Å². The molecule has 0 fully saturated rings. The first kappa shape index (κ1) is 13.4. The molecule has 0 spiro atoms. The van der Waals surface area contributed by atoms with Crippen LogP contribution in [-0.2, 0) is 17.6 Å². The summed E-state index contributed by atoms with van der Waals surface area (Å²) in [6.07, 6.45) is 0.857. The van der Waals surface area contributed by atoms with Gasteiger partial charge in [0.2, 0.25) is 0 Å². The molecular formula is C18H17NO2. The molecule has 3 rings (SSSR count). The van der Waals surface area contributed by atoms with Crippen LogP contribution in [0.5, 0.6) is 0 Å². The molecule has 0 aliphatic carbocycles. The second-order valence-electron chi connectivity index (χ2n) is 5.04. The first-order valence-corrected chi connectivity index (χ1v) is 7.10. The summed E-state index contributed by atoms with van der Waals surface area (Å²) in [5, 5.41) is 10.2. The van der Waals surface area contributed by atoms with Crippen LogP contribution in [-0.4, -0.2) is 15.6 Å². The number of benzene rings is 2. The van der Waals surface area contributed by atoms with Crippen molar-refractivity contribution in [2.45, 2.75) is 19.8 Å². The molecule has 1 aromatic heterocycles. The number of para-hydroxylation sites is 2. The minimum Gasteiger partial charge on any atom is -0.481 e. The van der Waals surface area contributed by atoms with Gasteiger partial charge in [0.15, 0.2) is 0 Å². The number of carbonyl (C=O) groups is 1. The van der Waals surface area contributed by atoms with Crippen LogP contribution in [0.3, 0.4) is 0 Å². The Morgan fingerprint density at radius 3 is 2.38 bits per heavy atom. The lowest BCUT2D eigenvalue weighted by atomic mass is 10.1. The van der Waals surface area contributed by atoms with E-state index in [0.29, 0.717) is 0 Å². The molecule has 21 heavy (non-hydrogen) atoms. The van der Waals surface area contributed by atoms with Gasteiger partial charge in [-0.1, -0.05) is 43.3 Å². The third-order valence-corrected chi connectivity index (χ3v) is 3.77. The molecule has 0 bridgehead atoms. The van der Waals surface area contributed by atoms with E-state index in [9.17, 15) is 9.90 Å². The molecule has 0 aliphatic rings. The van der Waals surface area contributed by atoms with E-state index in [1.165, 1.54) is 0 Å². The van der Waals surface area contributed by atoms with Gasteiger partial charge in [0.25, 0.3) is 0 Å². The predicted molar refractivity (Wildman–Crippen MR) is 84.0 cm³/mol. The van der Waals surface area contributed by atoms with E-state index >= 15 is 0 Å². The van der Waals surface area contributed by atoms with Crippen LogP contribution < -0.4 is 0 Å². The van der Waals surface area contributed by atoms with Gasteiger partial charge in [-0.05, 0) is 30.2 Å². The first-order valence-electron chi connectivity index (χ1n) is 7.10. The number of nitrogens with zero attached hydrogens (tertiary/aromatic N) is 1. The summed E-state index contributed by atoms with van der Waals surface area (Å²) in [5.41, 5.74) is 4.13. The van der Waals surface area contributed by atoms with E-state index < -0.39 is 5.97 Å². The molecule has 1 N–H and O–H groups in total. The molecule has 0 saturated carbocycles. The zero-order chi connectivity index (χ0) is 14.8. The zero-order valence-corrected chi connectivity index (χ0v) is 11.9. The summed E-state index contributed by atoms with van der Waals surface area (Å²) in [7, 11) is 0. The Labute approximate surface area is 123 Å². The summed E-state index contributed by atoms with van der Waals surface area (Å²) < 4.78 is 2.17. The molecular weight excluding hydrogens is 262 g/mol. The van der Waals surface area contributed by atoms with Crippen molar-refractivity contribution in [2.24, 2.45) is 0 Å². The van der Waals surface area contributed by atoms with Crippen LogP contribution >= 0.6 is 0 Å². The van der Waals surface area contributed by atoms with Gasteiger partial charge in [0.05, 0.1) is 11.9 Å². The van der Waals surface area contributed by atoms with Crippen molar-refractivity contribution in [3.8, 4) is 5.69 Å². The molecule has 0 saturated heterocycles. The fourth-order valence-corrected chi connectivity index (χ4v) is 2.95. The fourth-order valence-electron chi connectivity index (χ4n) is 2.95. The smallest absolute Gasteiger partial charge is 0.307 e. The lowest BCUT2D eigenvalue weighted by Crippen LogP contribution is -2.05. The topological polar surface area (TPSA) is 42.2 Å². The Bertz CT molecular complexity index is 788. The van der Waals surface area contributed by atoms with E-state index in [-0.39, 0.29) is 6.42 Å². The Balaban J connectivity index is 2.35. The monoisotopic (exact) mass is 279 g/mol. The molecule has 3 heteroatoms. The standard InChI is InChI=1S/C18H17NO2/c1-2-16-15(12-18(20)21)14-10-6-7-11-17(14)19(16)13-8-4-3-5-9-13/h3-11H,2,12H2,1H3,(H,20,21). The average Bonchev–Trinajstić information content (AvgIpc) is 2.81. The maximum Gasteiger partial charge on any atom is 0.307 e. The number of fused-ring (bicyclic) bond motifs is 1. The Kier molecular flexibility index (Phi) is 3.48. The highest BCUT2D eigenvalue weighted by Gasteiger charge is 2.18. The van der Waals surface area contributed by atoms with Crippen LogP contribution in [0.4, 0.5) is 0 Å². The quantitative estimate of drug-likeness (QED) is 0.789. The predicted octanol–water partition coefficient (Wildman–Crippen LogP) is 3.82. The number of aliphatic carboxylic acids is 1. The number of aromatic nitrogens is 1. The number of hydrogen-bond donors (Lipinski definition) is 1. The van der Waals surface area contributed by atoms with Gasteiger partial charge in [-0.2, -0.15) is 0 Å². The molecule has 3 nitrogen and oxygen atoms in total. The van der Waals surface area contributed by atoms with Crippen LogP contribution in [0.2, 0.25) is 0 Å². The van der Waals surface area contributed by atoms with Crippen molar-refractivity contribution in [1.29, 1.82) is 0 Å². The largest absolute Gasteiger partial charge is 0.481 e. The normalized spacial score (nSPS) is 10.9. The van der Waals surface area contributed by atoms with Crippen molar-refractivity contribution >= 4 is 16.9 Å². The lowest BCUT2D eigenvalue weighted by molar-refractivity contribution is -0.136. The molecule has 0 atom stereocenters. The number of hydrogen-bond acceptors (Lipinski definition) is 1. The summed E-state index contributed by atoms with van der Waals surface area (Å²) in [6, 6.07) is 18.1. The van der Waals surface area contributed by atoms with Gasteiger partial charge in [-0.15, -0.1) is 0 Å². The molecule has 0 amide bonds. The molecule has 106 valence electrons. The van der Waals surface area contributed by atoms with Crippen LogP contribution in [0.1, 0.15) is 18.2 Å². The SMILES string of the molecule is CCc1c(CC(=O)O)c2ccccc2n1-c1ccccc1. The summed E-state index contributed by atoms with van der Waals surface area (Å²) >= 11 is 0. The first-order chi connectivity index (χ1) is 10.2. The molecule has 3 aromatic rings. The summed E-state index contributed by atoms with van der Waals surface area (Å²) in [5.74, 6) is -0.791. The second-order valence-corrected chi connectivity index (χ2v) is 5.04. The molecule has 0 radical (unpaired) electrons. The van der Waals surface area contributed by atoms with Crippen molar-refractivity contribution in [1.82, 2.24) is 4.57 Å². The Hall–Kier alpha value is -2.55. The van der Waals surface area contributed by atoms with E-state index in [2.05, 4.69) is 23.6 Å². The van der Waals surface area contributed by atoms with Gasteiger partial charge in [0, 0.05) is 16.8 Å². The van der Waals surface area contributed by atoms with Crippen molar-refractivity contribution in [2.75, 3.05) is 0 Å². The fraction of sp³-hybridized carbons (Fsp3) is 0.167. The lowest BCUT2D eigenvalue weighted by Gasteiger charge is -2.10. The van der Waals surface area contributed by atoms with E-state index in [4.69, 9.17) is 0 Å². The maximum atomic E-state index is 11.2. The average molecular weight is 279 g/mol.